The fourth-order valence-corrected chi connectivity index (χ4v) is 2.36. The first-order chi connectivity index (χ1) is 9.81. The van der Waals surface area contributed by atoms with Crippen molar-refractivity contribution < 1.29 is 9.47 Å². The summed E-state index contributed by atoms with van der Waals surface area (Å²) in [4.78, 5) is 0. The summed E-state index contributed by atoms with van der Waals surface area (Å²) in [5.41, 5.74) is 5.74. The van der Waals surface area contributed by atoms with Crippen molar-refractivity contribution in [1.82, 2.24) is 4.37 Å². The van der Waals surface area contributed by atoms with E-state index in [1.807, 2.05) is 37.3 Å². The molecular formula is C14H19N3O2S. The third-order valence-electron chi connectivity index (χ3n) is 2.58. The molecule has 0 aliphatic rings. The zero-order valence-corrected chi connectivity index (χ0v) is 12.3. The Bertz CT molecular complexity index is 516. The van der Waals surface area contributed by atoms with E-state index in [-0.39, 0.29) is 0 Å². The zero-order chi connectivity index (χ0) is 14.2. The molecule has 0 aliphatic carbocycles. The van der Waals surface area contributed by atoms with Crippen LogP contribution in [0.15, 0.2) is 30.3 Å². The molecule has 0 fully saturated rings. The van der Waals surface area contributed by atoms with E-state index >= 15 is 0 Å². The molecule has 0 amide bonds. The topological polar surface area (TPSA) is 69.4 Å². The summed E-state index contributed by atoms with van der Waals surface area (Å²) >= 11 is 1.32. The quantitative estimate of drug-likeness (QED) is 0.732. The number of ether oxygens (including phenoxy) is 2. The summed E-state index contributed by atoms with van der Waals surface area (Å²) < 4.78 is 15.2. The molecule has 5 nitrogen and oxygen atoms in total. The third kappa shape index (κ3) is 4.03. The van der Waals surface area contributed by atoms with Crippen LogP contribution < -0.4 is 20.5 Å². The first-order valence-electron chi connectivity index (χ1n) is 6.61. The van der Waals surface area contributed by atoms with E-state index in [0.717, 1.165) is 23.7 Å². The lowest BCUT2D eigenvalue weighted by molar-refractivity contribution is 0.314. The number of nitrogens with zero attached hydrogens (tertiary/aromatic N) is 1. The Morgan fingerprint density at radius 2 is 2.05 bits per heavy atom. The van der Waals surface area contributed by atoms with Crippen LogP contribution in [0.3, 0.4) is 0 Å². The average Bonchev–Trinajstić information content (AvgIpc) is 2.81. The number of nitrogens with one attached hydrogen (secondary N) is 1. The van der Waals surface area contributed by atoms with E-state index in [1.54, 1.807) is 0 Å². The number of hydrogen-bond donors (Lipinski definition) is 2. The SMILES string of the molecule is CCOc1c(N)nsc1NCCCOc1ccccc1. The Morgan fingerprint density at radius 3 is 2.80 bits per heavy atom. The van der Waals surface area contributed by atoms with Crippen molar-refractivity contribution in [2.45, 2.75) is 13.3 Å². The van der Waals surface area contributed by atoms with Crippen LogP contribution in [0.25, 0.3) is 0 Å². The van der Waals surface area contributed by atoms with Gasteiger partial charge in [0.05, 0.1) is 13.2 Å². The third-order valence-corrected chi connectivity index (χ3v) is 3.38. The first-order valence-corrected chi connectivity index (χ1v) is 7.38. The minimum absolute atomic E-state index is 0.444. The molecule has 20 heavy (non-hydrogen) atoms. The standard InChI is InChI=1S/C14H19N3O2S/c1-2-18-12-13(15)17-20-14(12)16-9-6-10-19-11-7-4-3-5-8-11/h3-5,7-8,16H,2,6,9-10H2,1H3,(H2,15,17). The Morgan fingerprint density at radius 1 is 1.25 bits per heavy atom. The fourth-order valence-electron chi connectivity index (χ4n) is 1.67. The van der Waals surface area contributed by atoms with Crippen molar-refractivity contribution in [2.75, 3.05) is 30.8 Å². The molecule has 1 heterocycles. The maximum atomic E-state index is 5.74. The molecule has 108 valence electrons. The number of aromatic nitrogens is 1. The summed E-state index contributed by atoms with van der Waals surface area (Å²) in [6, 6.07) is 9.79. The lowest BCUT2D eigenvalue weighted by atomic mass is 10.3. The summed E-state index contributed by atoms with van der Waals surface area (Å²) in [7, 11) is 0. The van der Waals surface area contributed by atoms with Gasteiger partial charge in [-0.05, 0) is 37.0 Å². The normalized spacial score (nSPS) is 10.2. The summed E-state index contributed by atoms with van der Waals surface area (Å²) in [5, 5.41) is 4.15. The maximum absolute atomic E-state index is 5.74. The number of hydrogen-bond acceptors (Lipinski definition) is 6. The molecular weight excluding hydrogens is 274 g/mol. The van der Waals surface area contributed by atoms with E-state index in [2.05, 4.69) is 9.69 Å². The van der Waals surface area contributed by atoms with Crippen molar-refractivity contribution in [2.24, 2.45) is 0 Å². The minimum atomic E-state index is 0.444. The van der Waals surface area contributed by atoms with Crippen LogP contribution in [0, 0.1) is 0 Å². The van der Waals surface area contributed by atoms with Gasteiger partial charge >= 0.3 is 0 Å². The Hall–Kier alpha value is -1.95. The molecule has 2 rings (SSSR count). The van der Waals surface area contributed by atoms with Gasteiger partial charge in [-0.25, -0.2) is 0 Å². The van der Waals surface area contributed by atoms with Gasteiger partial charge in [-0.2, -0.15) is 4.37 Å². The van der Waals surface area contributed by atoms with Gasteiger partial charge in [0.15, 0.2) is 16.6 Å². The lowest BCUT2D eigenvalue weighted by Gasteiger charge is -2.08. The number of rotatable bonds is 8. The van der Waals surface area contributed by atoms with Crippen LogP contribution in [0.1, 0.15) is 13.3 Å². The number of anilines is 2. The average molecular weight is 293 g/mol. The molecule has 1 aromatic carbocycles. The highest BCUT2D eigenvalue weighted by atomic mass is 32.1. The monoisotopic (exact) mass is 293 g/mol. The summed E-state index contributed by atoms with van der Waals surface area (Å²) in [6.07, 6.45) is 0.887. The highest BCUT2D eigenvalue weighted by Crippen LogP contribution is 2.34. The van der Waals surface area contributed by atoms with E-state index in [0.29, 0.717) is 24.8 Å². The van der Waals surface area contributed by atoms with E-state index in [9.17, 15) is 0 Å². The van der Waals surface area contributed by atoms with Crippen molar-refractivity contribution in [3.8, 4) is 11.5 Å². The Labute approximate surface area is 122 Å². The van der Waals surface area contributed by atoms with E-state index in [4.69, 9.17) is 15.2 Å². The van der Waals surface area contributed by atoms with Crippen LogP contribution >= 0.6 is 11.5 Å². The zero-order valence-electron chi connectivity index (χ0n) is 11.5. The summed E-state index contributed by atoms with van der Waals surface area (Å²) in [6.45, 7) is 3.95. The molecule has 6 heteroatoms. The van der Waals surface area contributed by atoms with E-state index < -0.39 is 0 Å². The van der Waals surface area contributed by atoms with Gasteiger partial charge in [0.2, 0.25) is 0 Å². The van der Waals surface area contributed by atoms with Crippen LogP contribution in [-0.2, 0) is 0 Å². The van der Waals surface area contributed by atoms with Crippen molar-refractivity contribution in [1.29, 1.82) is 0 Å². The highest BCUT2D eigenvalue weighted by molar-refractivity contribution is 7.11. The predicted molar refractivity (Wildman–Crippen MR) is 82.7 cm³/mol. The van der Waals surface area contributed by atoms with Gasteiger partial charge < -0.3 is 20.5 Å². The smallest absolute Gasteiger partial charge is 0.197 e. The molecule has 2 aromatic rings. The second-order valence-electron chi connectivity index (χ2n) is 4.10. The molecule has 3 N–H and O–H groups in total. The lowest BCUT2D eigenvalue weighted by Crippen LogP contribution is -2.07. The van der Waals surface area contributed by atoms with Gasteiger partial charge in [-0.15, -0.1) is 0 Å². The molecule has 0 saturated carbocycles. The van der Waals surface area contributed by atoms with Crippen LogP contribution in [0.2, 0.25) is 0 Å². The highest BCUT2D eigenvalue weighted by Gasteiger charge is 2.11. The molecule has 0 atom stereocenters. The van der Waals surface area contributed by atoms with Crippen LogP contribution in [-0.4, -0.2) is 24.1 Å². The van der Waals surface area contributed by atoms with Gasteiger partial charge in [0, 0.05) is 6.54 Å². The largest absolute Gasteiger partial charge is 0.494 e. The Kier molecular flexibility index (Phi) is 5.49. The predicted octanol–water partition coefficient (Wildman–Crippen LogP) is 3.01. The van der Waals surface area contributed by atoms with Crippen molar-refractivity contribution >= 4 is 22.4 Å². The van der Waals surface area contributed by atoms with Crippen molar-refractivity contribution in [3.05, 3.63) is 30.3 Å². The van der Waals surface area contributed by atoms with Gasteiger partial charge in [-0.3, -0.25) is 0 Å². The molecule has 0 radical (unpaired) electrons. The van der Waals surface area contributed by atoms with Crippen LogP contribution in [0.4, 0.5) is 10.8 Å². The first kappa shape index (κ1) is 14.5. The number of nitrogen functional groups attached to an aromatic ring is 1. The molecule has 0 saturated heterocycles. The number of nitrogens with two attached hydrogens (primary N) is 1. The second kappa shape index (κ2) is 7.59. The van der Waals surface area contributed by atoms with E-state index in [1.165, 1.54) is 11.5 Å². The molecule has 0 bridgehead atoms. The van der Waals surface area contributed by atoms with Crippen LogP contribution in [0.5, 0.6) is 11.5 Å². The minimum Gasteiger partial charge on any atom is -0.494 e. The summed E-state index contributed by atoms with van der Waals surface area (Å²) in [5.74, 6) is 1.99. The number of para-hydroxylation sites is 1. The molecule has 0 unspecified atom stereocenters. The fraction of sp³-hybridized carbons (Fsp3) is 0.357. The van der Waals surface area contributed by atoms with Gasteiger partial charge in [0.25, 0.3) is 0 Å². The Balaban J connectivity index is 1.71. The molecule has 0 spiro atoms. The maximum Gasteiger partial charge on any atom is 0.197 e. The number of benzene rings is 1. The second-order valence-corrected chi connectivity index (χ2v) is 4.87. The van der Waals surface area contributed by atoms with Crippen molar-refractivity contribution in [3.63, 3.8) is 0 Å². The van der Waals surface area contributed by atoms with Gasteiger partial charge in [0.1, 0.15) is 5.75 Å². The van der Waals surface area contributed by atoms with Gasteiger partial charge in [-0.1, -0.05) is 18.2 Å². The molecule has 1 aromatic heterocycles. The molecule has 0 aliphatic heterocycles.